The Morgan fingerprint density at radius 2 is 1.93 bits per heavy atom. The van der Waals surface area contributed by atoms with Gasteiger partial charge in [-0.15, -0.1) is 0 Å². The van der Waals surface area contributed by atoms with Gasteiger partial charge in [0, 0.05) is 31.4 Å². The van der Waals surface area contributed by atoms with E-state index >= 15 is 0 Å². The third-order valence-corrected chi connectivity index (χ3v) is 3.25. The van der Waals surface area contributed by atoms with Crippen molar-refractivity contribution in [1.29, 1.82) is 0 Å². The van der Waals surface area contributed by atoms with Crippen molar-refractivity contribution in [3.8, 4) is 0 Å². The predicted molar refractivity (Wildman–Crippen MR) is 60.7 cm³/mol. The van der Waals surface area contributed by atoms with Gasteiger partial charge < -0.3 is 9.13 Å². The van der Waals surface area contributed by atoms with Crippen LogP contribution in [0, 0.1) is 10.7 Å². The highest BCUT2D eigenvalue weighted by Gasteiger charge is 2.15. The van der Waals surface area contributed by atoms with Gasteiger partial charge in [-0.25, -0.2) is 0 Å². The fourth-order valence-electron chi connectivity index (χ4n) is 1.75. The van der Waals surface area contributed by atoms with Crippen molar-refractivity contribution in [2.45, 2.75) is 13.0 Å². The molecule has 1 aliphatic carbocycles. The lowest BCUT2D eigenvalue weighted by molar-refractivity contribution is 0.470. The normalized spacial score (nSPS) is 17.9. The SMILES string of the molecule is C[C@H](C1C=CC=C1)n1ccn(C)c1=S. The second-order valence-corrected chi connectivity index (χ2v) is 4.05. The van der Waals surface area contributed by atoms with Gasteiger partial charge in [0.05, 0.1) is 0 Å². The molecule has 1 aromatic heterocycles. The lowest BCUT2D eigenvalue weighted by Gasteiger charge is -2.17. The summed E-state index contributed by atoms with van der Waals surface area (Å²) >= 11 is 5.32. The van der Waals surface area contributed by atoms with Crippen LogP contribution >= 0.6 is 12.2 Å². The van der Waals surface area contributed by atoms with Crippen LogP contribution in [0.15, 0.2) is 36.7 Å². The lowest BCUT2D eigenvalue weighted by Crippen LogP contribution is -2.12. The fourth-order valence-corrected chi connectivity index (χ4v) is 2.04. The van der Waals surface area contributed by atoms with Crippen molar-refractivity contribution in [2.75, 3.05) is 0 Å². The number of nitrogens with zero attached hydrogens (tertiary/aromatic N) is 2. The largest absolute Gasteiger partial charge is 0.327 e. The van der Waals surface area contributed by atoms with Gasteiger partial charge in [-0.05, 0) is 19.1 Å². The quantitative estimate of drug-likeness (QED) is 0.676. The standard InChI is InChI=1S/C11H14N2S/c1-9(10-5-3-4-6-10)13-8-7-12(2)11(13)14/h3-10H,1-2H3/t9-/m1/s1. The molecule has 0 saturated heterocycles. The van der Waals surface area contributed by atoms with E-state index in [0.29, 0.717) is 12.0 Å². The number of aryl methyl sites for hydroxylation is 1. The van der Waals surface area contributed by atoms with Gasteiger partial charge in [-0.3, -0.25) is 0 Å². The van der Waals surface area contributed by atoms with Crippen molar-refractivity contribution < 1.29 is 0 Å². The van der Waals surface area contributed by atoms with E-state index in [2.05, 4.69) is 35.8 Å². The summed E-state index contributed by atoms with van der Waals surface area (Å²) in [5, 5.41) is 0. The Balaban J connectivity index is 2.31. The smallest absolute Gasteiger partial charge is 0.179 e. The molecule has 1 atom stereocenters. The number of allylic oxidation sites excluding steroid dienone is 4. The van der Waals surface area contributed by atoms with Gasteiger partial charge in [-0.2, -0.15) is 0 Å². The molecule has 0 aliphatic heterocycles. The van der Waals surface area contributed by atoms with E-state index in [1.165, 1.54) is 0 Å². The Hall–Kier alpha value is -1.09. The Morgan fingerprint density at radius 1 is 1.29 bits per heavy atom. The second-order valence-electron chi connectivity index (χ2n) is 3.69. The summed E-state index contributed by atoms with van der Waals surface area (Å²) in [4.78, 5) is 0. The number of hydrogen-bond acceptors (Lipinski definition) is 1. The molecule has 0 N–H and O–H groups in total. The van der Waals surface area contributed by atoms with Crippen molar-refractivity contribution in [3.05, 3.63) is 41.5 Å². The molecule has 0 amide bonds. The molecule has 0 aromatic carbocycles. The Morgan fingerprint density at radius 3 is 2.43 bits per heavy atom. The van der Waals surface area contributed by atoms with Crippen molar-refractivity contribution in [1.82, 2.24) is 9.13 Å². The Kier molecular flexibility index (Phi) is 2.42. The molecule has 0 unspecified atom stereocenters. The molecule has 0 radical (unpaired) electrons. The zero-order valence-corrected chi connectivity index (χ0v) is 9.24. The maximum absolute atomic E-state index is 5.32. The van der Waals surface area contributed by atoms with Crippen LogP contribution < -0.4 is 0 Å². The molecule has 14 heavy (non-hydrogen) atoms. The summed E-state index contributed by atoms with van der Waals surface area (Å²) in [7, 11) is 1.98. The summed E-state index contributed by atoms with van der Waals surface area (Å²) in [6.07, 6.45) is 12.6. The van der Waals surface area contributed by atoms with Crippen LogP contribution in [0.5, 0.6) is 0 Å². The van der Waals surface area contributed by atoms with Crippen LogP contribution in [0.4, 0.5) is 0 Å². The van der Waals surface area contributed by atoms with Crippen LogP contribution in [0.2, 0.25) is 0 Å². The fraction of sp³-hybridized carbons (Fsp3) is 0.364. The summed E-state index contributed by atoms with van der Waals surface area (Å²) in [6.45, 7) is 2.19. The maximum atomic E-state index is 5.32. The first-order valence-electron chi connectivity index (χ1n) is 4.78. The number of imidazole rings is 1. The second kappa shape index (κ2) is 3.58. The molecule has 2 rings (SSSR count). The zero-order chi connectivity index (χ0) is 10.1. The number of rotatable bonds is 2. The maximum Gasteiger partial charge on any atom is 0.179 e. The molecule has 3 heteroatoms. The van der Waals surface area contributed by atoms with Gasteiger partial charge in [0.25, 0.3) is 0 Å². The molecular formula is C11H14N2S. The molecule has 2 nitrogen and oxygen atoms in total. The predicted octanol–water partition coefficient (Wildman–Crippen LogP) is 2.86. The zero-order valence-electron chi connectivity index (χ0n) is 8.42. The first kappa shape index (κ1) is 9.46. The summed E-state index contributed by atoms with van der Waals surface area (Å²) in [5.74, 6) is 0.476. The molecule has 0 spiro atoms. The average Bonchev–Trinajstić information content (AvgIpc) is 2.77. The van der Waals surface area contributed by atoms with E-state index < -0.39 is 0 Å². The van der Waals surface area contributed by atoms with Crippen LogP contribution in [-0.4, -0.2) is 9.13 Å². The summed E-state index contributed by atoms with van der Waals surface area (Å²) in [5.41, 5.74) is 0. The monoisotopic (exact) mass is 206 g/mol. The molecule has 0 fully saturated rings. The lowest BCUT2D eigenvalue weighted by atomic mass is 10.0. The van der Waals surface area contributed by atoms with E-state index in [4.69, 9.17) is 12.2 Å². The molecule has 74 valence electrons. The number of aromatic nitrogens is 2. The van der Waals surface area contributed by atoms with Gasteiger partial charge in [0.2, 0.25) is 0 Å². The minimum atomic E-state index is 0.402. The Labute approximate surface area is 89.2 Å². The highest BCUT2D eigenvalue weighted by atomic mass is 32.1. The minimum Gasteiger partial charge on any atom is -0.327 e. The first-order chi connectivity index (χ1) is 6.70. The van der Waals surface area contributed by atoms with Crippen LogP contribution in [-0.2, 0) is 7.05 Å². The van der Waals surface area contributed by atoms with Gasteiger partial charge in [-0.1, -0.05) is 24.3 Å². The average molecular weight is 206 g/mol. The van der Waals surface area contributed by atoms with Gasteiger partial charge in [0.1, 0.15) is 0 Å². The highest BCUT2D eigenvalue weighted by molar-refractivity contribution is 7.71. The highest BCUT2D eigenvalue weighted by Crippen LogP contribution is 2.24. The van der Waals surface area contributed by atoms with Crippen LogP contribution in [0.25, 0.3) is 0 Å². The van der Waals surface area contributed by atoms with E-state index in [0.717, 1.165) is 4.77 Å². The summed E-state index contributed by atoms with van der Waals surface area (Å²) < 4.78 is 4.99. The molecule has 1 aliphatic rings. The van der Waals surface area contributed by atoms with E-state index in [9.17, 15) is 0 Å². The summed E-state index contributed by atoms with van der Waals surface area (Å²) in [6, 6.07) is 0.402. The van der Waals surface area contributed by atoms with Crippen molar-refractivity contribution in [2.24, 2.45) is 13.0 Å². The molecule has 0 saturated carbocycles. The van der Waals surface area contributed by atoms with E-state index in [1.54, 1.807) is 0 Å². The third-order valence-electron chi connectivity index (χ3n) is 2.75. The molecule has 0 bridgehead atoms. The minimum absolute atomic E-state index is 0.402. The molecule has 1 aromatic rings. The third kappa shape index (κ3) is 1.48. The van der Waals surface area contributed by atoms with Crippen molar-refractivity contribution in [3.63, 3.8) is 0 Å². The first-order valence-corrected chi connectivity index (χ1v) is 5.19. The van der Waals surface area contributed by atoms with Crippen LogP contribution in [0.1, 0.15) is 13.0 Å². The van der Waals surface area contributed by atoms with Crippen LogP contribution in [0.3, 0.4) is 0 Å². The molecule has 1 heterocycles. The molecular weight excluding hydrogens is 192 g/mol. The number of hydrogen-bond donors (Lipinski definition) is 0. The Bertz CT molecular complexity index is 424. The van der Waals surface area contributed by atoms with E-state index in [-0.39, 0.29) is 0 Å². The topological polar surface area (TPSA) is 9.86 Å². The van der Waals surface area contributed by atoms with Gasteiger partial charge in [0.15, 0.2) is 4.77 Å². The van der Waals surface area contributed by atoms with E-state index in [1.807, 2.05) is 24.0 Å². The van der Waals surface area contributed by atoms with Gasteiger partial charge >= 0.3 is 0 Å². The van der Waals surface area contributed by atoms with Crippen molar-refractivity contribution >= 4 is 12.2 Å².